The Morgan fingerprint density at radius 2 is 2.00 bits per heavy atom. The van der Waals surface area contributed by atoms with Crippen LogP contribution in [-0.2, 0) is 14.3 Å². The van der Waals surface area contributed by atoms with Gasteiger partial charge in [-0.25, -0.2) is 5.43 Å². The molecule has 1 rings (SSSR count). The van der Waals surface area contributed by atoms with Crippen LogP contribution in [0.3, 0.4) is 0 Å². The van der Waals surface area contributed by atoms with Gasteiger partial charge in [0.05, 0.1) is 26.4 Å². The number of hydrogen-bond acceptors (Lipinski definition) is 8. The number of ether oxygens (including phenoxy) is 2. The predicted octanol–water partition coefficient (Wildman–Crippen LogP) is -0.248. The summed E-state index contributed by atoms with van der Waals surface area (Å²) in [5, 5.41) is 1.36. The smallest absolute Gasteiger partial charge is 0.207 e. The summed E-state index contributed by atoms with van der Waals surface area (Å²) in [7, 11) is 1.71. The third-order valence-corrected chi connectivity index (χ3v) is 4.54. The Kier molecular flexibility index (Phi) is 7.78. The van der Waals surface area contributed by atoms with E-state index < -0.39 is 10.6 Å². The van der Waals surface area contributed by atoms with Gasteiger partial charge < -0.3 is 9.47 Å². The van der Waals surface area contributed by atoms with Gasteiger partial charge in [-0.2, -0.15) is 0 Å². The summed E-state index contributed by atoms with van der Waals surface area (Å²) in [6, 6.07) is 0. The summed E-state index contributed by atoms with van der Waals surface area (Å²) >= 11 is 0. The molecular formula is C14H35N6O3+. The van der Waals surface area contributed by atoms with Crippen LogP contribution < -0.4 is 23.0 Å². The first-order valence-electron chi connectivity index (χ1n) is 8.26. The second kappa shape index (κ2) is 8.65. The number of hydrogen-bond donors (Lipinski definition) is 4. The van der Waals surface area contributed by atoms with Gasteiger partial charge in [0.2, 0.25) is 5.72 Å². The molecule has 0 aromatic carbocycles. The van der Waals surface area contributed by atoms with Crippen LogP contribution in [0.4, 0.5) is 0 Å². The van der Waals surface area contributed by atoms with Crippen molar-refractivity contribution >= 4 is 0 Å². The van der Waals surface area contributed by atoms with Gasteiger partial charge in [-0.05, 0) is 24.6 Å². The van der Waals surface area contributed by atoms with E-state index in [0.29, 0.717) is 32.6 Å². The Morgan fingerprint density at radius 3 is 2.43 bits per heavy atom. The second-order valence-electron chi connectivity index (χ2n) is 6.54. The summed E-state index contributed by atoms with van der Waals surface area (Å²) in [5.41, 5.74) is 2.20. The van der Waals surface area contributed by atoms with Crippen LogP contribution in [0.15, 0.2) is 0 Å². The average molecular weight is 335 g/mol. The predicted molar refractivity (Wildman–Crippen MR) is 87.3 cm³/mol. The lowest BCUT2D eigenvalue weighted by molar-refractivity contribution is -1.14. The number of nitrogens with one attached hydrogen (secondary N) is 1. The summed E-state index contributed by atoms with van der Waals surface area (Å²) in [5.74, 6) is 17.9. The van der Waals surface area contributed by atoms with Crippen LogP contribution in [-0.4, -0.2) is 55.7 Å². The molecule has 1 atom stereocenters. The molecule has 1 heterocycles. The minimum atomic E-state index is -0.811. The van der Waals surface area contributed by atoms with E-state index in [1.165, 1.54) is 5.12 Å². The van der Waals surface area contributed by atoms with Crippen molar-refractivity contribution in [1.29, 1.82) is 0 Å². The highest BCUT2D eigenvalue weighted by molar-refractivity contribution is 4.83. The molecule has 0 saturated carbocycles. The standard InChI is InChI=1S/C14H35N6O3/c1-5-13(3,19(15)18-4)23-20(16,17)8-7-9-21-10-14(6-2)11-22-12-14/h18H,5-12,15-17H2,1-4H3/q+1. The van der Waals surface area contributed by atoms with E-state index in [4.69, 9.17) is 31.8 Å². The highest BCUT2D eigenvalue weighted by Gasteiger charge is 2.39. The molecule has 1 aliphatic rings. The van der Waals surface area contributed by atoms with Crippen molar-refractivity contribution in [3.05, 3.63) is 0 Å². The summed E-state index contributed by atoms with van der Waals surface area (Å²) < 4.78 is 11.0. The normalized spacial score (nSPS) is 20.3. The number of nitrogens with zero attached hydrogens (tertiary/aromatic N) is 2. The molecule has 0 amide bonds. The molecule has 0 bridgehead atoms. The fourth-order valence-electron chi connectivity index (χ4n) is 2.41. The number of rotatable bonds is 12. The van der Waals surface area contributed by atoms with Crippen LogP contribution in [0, 0.1) is 5.41 Å². The highest BCUT2D eigenvalue weighted by Crippen LogP contribution is 2.31. The maximum atomic E-state index is 6.01. The molecule has 0 radical (unpaired) electrons. The highest BCUT2D eigenvalue weighted by atomic mass is 16.8. The average Bonchev–Trinajstić information content (AvgIpc) is 2.47. The zero-order valence-electron chi connectivity index (χ0n) is 15.0. The first kappa shape index (κ1) is 20.7. The van der Waals surface area contributed by atoms with Crippen molar-refractivity contribution in [2.75, 3.05) is 40.0 Å². The Balaban J connectivity index is 2.31. The third kappa shape index (κ3) is 5.89. The van der Waals surface area contributed by atoms with Crippen molar-refractivity contribution < 1.29 is 19.2 Å². The van der Waals surface area contributed by atoms with Gasteiger partial charge in [0.1, 0.15) is 0 Å². The van der Waals surface area contributed by atoms with Crippen molar-refractivity contribution in [3.8, 4) is 0 Å². The molecule has 0 aliphatic carbocycles. The number of quaternary nitrogens is 1. The Hall–Kier alpha value is -0.360. The van der Waals surface area contributed by atoms with Gasteiger partial charge in [-0.3, -0.25) is 5.84 Å². The lowest BCUT2D eigenvalue weighted by Gasteiger charge is -2.40. The number of nitrogens with two attached hydrogens (primary N) is 3. The molecule has 1 fully saturated rings. The monoisotopic (exact) mass is 335 g/mol. The van der Waals surface area contributed by atoms with Crippen LogP contribution in [0.5, 0.6) is 0 Å². The molecule has 0 aromatic rings. The SMILES string of the molecule is CCC1(COCCC[N+](N)(N)OC(C)(CC)N(N)NC)COC1. The van der Waals surface area contributed by atoms with E-state index >= 15 is 0 Å². The molecule has 1 aliphatic heterocycles. The van der Waals surface area contributed by atoms with Gasteiger partial charge >= 0.3 is 0 Å². The molecule has 23 heavy (non-hydrogen) atoms. The molecule has 9 nitrogen and oxygen atoms in total. The first-order valence-corrected chi connectivity index (χ1v) is 8.26. The number of hydrazine groups is 2. The van der Waals surface area contributed by atoms with Gasteiger partial charge in [0.25, 0.3) is 0 Å². The fourth-order valence-corrected chi connectivity index (χ4v) is 2.41. The fraction of sp³-hybridized carbons (Fsp3) is 1.00. The summed E-state index contributed by atoms with van der Waals surface area (Å²) in [4.78, 5) is 5.22. The van der Waals surface area contributed by atoms with Crippen LogP contribution in [0.1, 0.15) is 40.0 Å². The van der Waals surface area contributed by atoms with Gasteiger partial charge in [-0.1, -0.05) is 13.8 Å². The molecule has 9 heteroatoms. The first-order chi connectivity index (χ1) is 10.7. The topological polar surface area (TPSA) is 121 Å². The Labute approximate surface area is 139 Å². The third-order valence-electron chi connectivity index (χ3n) is 4.54. The molecule has 1 unspecified atom stereocenters. The van der Waals surface area contributed by atoms with Crippen LogP contribution in [0.25, 0.3) is 0 Å². The molecule has 7 N–H and O–H groups in total. The van der Waals surface area contributed by atoms with E-state index in [2.05, 4.69) is 12.3 Å². The van der Waals surface area contributed by atoms with Gasteiger partial charge in [-0.15, -0.1) is 21.6 Å². The Bertz CT molecular complexity index is 348. The zero-order valence-corrected chi connectivity index (χ0v) is 15.0. The molecule has 1 saturated heterocycles. The van der Waals surface area contributed by atoms with Crippen LogP contribution in [0.2, 0.25) is 0 Å². The maximum absolute atomic E-state index is 6.01. The van der Waals surface area contributed by atoms with Crippen molar-refractivity contribution in [3.63, 3.8) is 0 Å². The largest absolute Gasteiger partial charge is 0.380 e. The quantitative estimate of drug-likeness (QED) is 0.127. The summed E-state index contributed by atoms with van der Waals surface area (Å²) in [6.07, 6.45) is 2.38. The van der Waals surface area contributed by atoms with Crippen molar-refractivity contribution in [2.45, 2.75) is 45.8 Å². The zero-order chi connectivity index (χ0) is 17.6. The van der Waals surface area contributed by atoms with E-state index in [1.54, 1.807) is 7.05 Å². The van der Waals surface area contributed by atoms with Gasteiger partial charge in [0.15, 0.2) is 6.54 Å². The van der Waals surface area contributed by atoms with Crippen LogP contribution >= 0.6 is 0 Å². The van der Waals surface area contributed by atoms with Crippen molar-refractivity contribution in [2.24, 2.45) is 22.9 Å². The maximum Gasteiger partial charge on any atom is 0.207 e. The number of hydroxylamine groups is 1. The minimum absolute atomic E-state index is 0.196. The van der Waals surface area contributed by atoms with Crippen molar-refractivity contribution in [1.82, 2.24) is 10.5 Å². The minimum Gasteiger partial charge on any atom is -0.380 e. The van der Waals surface area contributed by atoms with Gasteiger partial charge in [0, 0.05) is 18.9 Å². The van der Waals surface area contributed by atoms with E-state index in [0.717, 1.165) is 19.6 Å². The lowest BCUT2D eigenvalue weighted by atomic mass is 9.84. The lowest BCUT2D eigenvalue weighted by Crippen LogP contribution is -2.69. The Morgan fingerprint density at radius 1 is 1.35 bits per heavy atom. The molecule has 0 aromatic heterocycles. The molecule has 0 spiro atoms. The van der Waals surface area contributed by atoms with E-state index in [-0.39, 0.29) is 5.41 Å². The second-order valence-corrected chi connectivity index (χ2v) is 6.54. The molecule has 138 valence electrons. The molecular weight excluding hydrogens is 300 g/mol. The summed E-state index contributed by atoms with van der Waals surface area (Å²) in [6.45, 7) is 9.22. The van der Waals surface area contributed by atoms with E-state index in [1.807, 2.05) is 13.8 Å². The van der Waals surface area contributed by atoms with E-state index in [9.17, 15) is 0 Å².